The van der Waals surface area contributed by atoms with E-state index in [1.54, 1.807) is 0 Å². The highest BCUT2D eigenvalue weighted by atomic mass is 16.2. The molecule has 0 N–H and O–H groups in total. The third kappa shape index (κ3) is 3.86. The van der Waals surface area contributed by atoms with Crippen molar-refractivity contribution in [3.05, 3.63) is 84.6 Å². The van der Waals surface area contributed by atoms with Crippen molar-refractivity contribution in [1.82, 2.24) is 4.90 Å². The lowest BCUT2D eigenvalue weighted by Gasteiger charge is -2.14. The van der Waals surface area contributed by atoms with Crippen LogP contribution in [0.25, 0.3) is 0 Å². The molecular weight excluding hydrogens is 246 g/mol. The van der Waals surface area contributed by atoms with E-state index >= 15 is 0 Å². The van der Waals surface area contributed by atoms with Crippen LogP contribution in [0.15, 0.2) is 73.4 Å². The van der Waals surface area contributed by atoms with Crippen LogP contribution in [0.5, 0.6) is 0 Å². The Kier molecular flexibility index (Phi) is 4.75. The molecule has 2 nitrogen and oxygen atoms in total. The molecule has 0 heterocycles. The second-order valence-electron chi connectivity index (χ2n) is 4.22. The van der Waals surface area contributed by atoms with E-state index in [0.29, 0.717) is 6.54 Å². The molecule has 0 saturated carbocycles. The molecule has 0 saturated heterocycles. The fourth-order valence-electron chi connectivity index (χ4n) is 1.72. The predicted molar refractivity (Wildman–Crippen MR) is 80.5 cm³/mol. The summed E-state index contributed by atoms with van der Waals surface area (Å²) in [7, 11) is 0. The second-order valence-corrected chi connectivity index (χ2v) is 4.22. The molecule has 0 atom stereocenters. The summed E-state index contributed by atoms with van der Waals surface area (Å²) >= 11 is 0. The molecule has 2 heteroatoms. The first kappa shape index (κ1) is 13.6. The fourth-order valence-corrected chi connectivity index (χ4v) is 1.72. The molecule has 2 rings (SSSR count). The second kappa shape index (κ2) is 6.96. The topological polar surface area (TPSA) is 20.3 Å². The SMILES string of the molecule is C=CN(Cc1ccccc1)C(=O)C#Cc1ccccc1. The Labute approximate surface area is 119 Å². The van der Waals surface area contributed by atoms with E-state index in [1.807, 2.05) is 60.7 Å². The molecule has 0 spiro atoms. The van der Waals surface area contributed by atoms with Crippen molar-refractivity contribution < 1.29 is 4.79 Å². The molecule has 0 unspecified atom stereocenters. The highest BCUT2D eigenvalue weighted by molar-refractivity contribution is 5.94. The molecule has 98 valence electrons. The van der Waals surface area contributed by atoms with Crippen LogP contribution >= 0.6 is 0 Å². The van der Waals surface area contributed by atoms with Gasteiger partial charge in [-0.3, -0.25) is 4.79 Å². The van der Waals surface area contributed by atoms with Gasteiger partial charge in [-0.05, 0) is 17.7 Å². The van der Waals surface area contributed by atoms with E-state index in [4.69, 9.17) is 0 Å². The summed E-state index contributed by atoms with van der Waals surface area (Å²) in [6, 6.07) is 19.2. The minimum atomic E-state index is -0.257. The standard InChI is InChI=1S/C18H15NO/c1-2-19(15-17-11-7-4-8-12-17)18(20)14-13-16-9-5-3-6-10-16/h2-12H,1,15H2. The summed E-state index contributed by atoms with van der Waals surface area (Å²) in [4.78, 5) is 13.5. The average Bonchev–Trinajstić information content (AvgIpc) is 2.52. The van der Waals surface area contributed by atoms with Gasteiger partial charge < -0.3 is 4.90 Å². The smallest absolute Gasteiger partial charge is 0.303 e. The fraction of sp³-hybridized carbons (Fsp3) is 0.0556. The van der Waals surface area contributed by atoms with Crippen LogP contribution in [0, 0.1) is 11.8 Å². The van der Waals surface area contributed by atoms with Gasteiger partial charge in [-0.25, -0.2) is 0 Å². The summed E-state index contributed by atoms with van der Waals surface area (Å²) in [6.07, 6.45) is 1.51. The van der Waals surface area contributed by atoms with Crippen molar-refractivity contribution in [2.24, 2.45) is 0 Å². The zero-order valence-electron chi connectivity index (χ0n) is 11.1. The van der Waals surface area contributed by atoms with E-state index in [1.165, 1.54) is 11.1 Å². The van der Waals surface area contributed by atoms with Crippen LogP contribution in [0.3, 0.4) is 0 Å². The zero-order chi connectivity index (χ0) is 14.2. The lowest BCUT2D eigenvalue weighted by molar-refractivity contribution is -0.123. The normalized spacial score (nSPS) is 9.20. The van der Waals surface area contributed by atoms with E-state index in [0.717, 1.165) is 11.1 Å². The summed E-state index contributed by atoms with van der Waals surface area (Å²) in [6.45, 7) is 4.15. The van der Waals surface area contributed by atoms with Crippen LogP contribution in [0.2, 0.25) is 0 Å². The van der Waals surface area contributed by atoms with Gasteiger partial charge in [-0.2, -0.15) is 0 Å². The van der Waals surface area contributed by atoms with Gasteiger partial charge in [0.15, 0.2) is 0 Å². The minimum Gasteiger partial charge on any atom is -0.304 e. The van der Waals surface area contributed by atoms with Gasteiger partial charge in [0, 0.05) is 17.7 Å². The number of hydrogen-bond donors (Lipinski definition) is 0. The van der Waals surface area contributed by atoms with Crippen LogP contribution < -0.4 is 0 Å². The van der Waals surface area contributed by atoms with Crippen molar-refractivity contribution in [1.29, 1.82) is 0 Å². The maximum Gasteiger partial charge on any atom is 0.303 e. The molecule has 0 aliphatic rings. The molecule has 0 bridgehead atoms. The Morgan fingerprint density at radius 3 is 2.25 bits per heavy atom. The monoisotopic (exact) mass is 261 g/mol. The van der Waals surface area contributed by atoms with Crippen molar-refractivity contribution in [3.63, 3.8) is 0 Å². The maximum atomic E-state index is 12.0. The van der Waals surface area contributed by atoms with E-state index in [2.05, 4.69) is 18.4 Å². The minimum absolute atomic E-state index is 0.257. The number of amides is 1. The Balaban J connectivity index is 2.07. The van der Waals surface area contributed by atoms with E-state index in [9.17, 15) is 4.79 Å². The first-order valence-corrected chi connectivity index (χ1v) is 6.34. The van der Waals surface area contributed by atoms with Crippen molar-refractivity contribution in [2.75, 3.05) is 0 Å². The van der Waals surface area contributed by atoms with Gasteiger partial charge >= 0.3 is 5.91 Å². The molecule has 2 aromatic rings. The molecule has 1 amide bonds. The van der Waals surface area contributed by atoms with Crippen LogP contribution in [-0.4, -0.2) is 10.8 Å². The van der Waals surface area contributed by atoms with E-state index < -0.39 is 0 Å². The largest absolute Gasteiger partial charge is 0.304 e. The molecule has 0 aliphatic heterocycles. The number of nitrogens with zero attached hydrogens (tertiary/aromatic N) is 1. The van der Waals surface area contributed by atoms with Crippen LogP contribution in [-0.2, 0) is 11.3 Å². The van der Waals surface area contributed by atoms with Gasteiger partial charge in [0.2, 0.25) is 0 Å². The Bertz CT molecular complexity index is 635. The molecule has 0 radical (unpaired) electrons. The third-order valence-corrected chi connectivity index (χ3v) is 2.76. The highest BCUT2D eigenvalue weighted by Gasteiger charge is 2.07. The zero-order valence-corrected chi connectivity index (χ0v) is 11.1. The lowest BCUT2D eigenvalue weighted by Crippen LogP contribution is -2.23. The molecule has 20 heavy (non-hydrogen) atoms. The van der Waals surface area contributed by atoms with Crippen molar-refractivity contribution in [3.8, 4) is 11.8 Å². The average molecular weight is 261 g/mol. The maximum absolute atomic E-state index is 12.0. The molecule has 0 aromatic heterocycles. The predicted octanol–water partition coefficient (Wildman–Crippen LogP) is 3.21. The number of carbonyl (C=O) groups excluding carboxylic acids is 1. The summed E-state index contributed by atoms with van der Waals surface area (Å²) in [5, 5.41) is 0. The quantitative estimate of drug-likeness (QED) is 0.777. The van der Waals surface area contributed by atoms with Crippen LogP contribution in [0.1, 0.15) is 11.1 Å². The van der Waals surface area contributed by atoms with Gasteiger partial charge in [0.25, 0.3) is 0 Å². The summed E-state index contributed by atoms with van der Waals surface area (Å²) in [5.41, 5.74) is 1.87. The van der Waals surface area contributed by atoms with Crippen molar-refractivity contribution in [2.45, 2.75) is 6.54 Å². The first-order valence-electron chi connectivity index (χ1n) is 6.34. The summed E-state index contributed by atoms with van der Waals surface area (Å²) in [5.74, 6) is 5.24. The molecule has 0 fully saturated rings. The van der Waals surface area contributed by atoms with Gasteiger partial charge in [0.05, 0.1) is 6.54 Å². The third-order valence-electron chi connectivity index (χ3n) is 2.76. The molecule has 2 aromatic carbocycles. The molecule has 0 aliphatic carbocycles. The number of hydrogen-bond acceptors (Lipinski definition) is 1. The Hall–Kier alpha value is -2.79. The van der Waals surface area contributed by atoms with Gasteiger partial charge in [-0.1, -0.05) is 61.0 Å². The van der Waals surface area contributed by atoms with Crippen molar-refractivity contribution >= 4 is 5.91 Å². The number of benzene rings is 2. The molecular formula is C18H15NO. The Morgan fingerprint density at radius 1 is 1.05 bits per heavy atom. The van der Waals surface area contributed by atoms with Gasteiger partial charge in [0.1, 0.15) is 0 Å². The number of rotatable bonds is 3. The van der Waals surface area contributed by atoms with E-state index in [-0.39, 0.29) is 5.91 Å². The number of carbonyl (C=O) groups is 1. The lowest BCUT2D eigenvalue weighted by atomic mass is 10.2. The van der Waals surface area contributed by atoms with Gasteiger partial charge in [-0.15, -0.1) is 0 Å². The Morgan fingerprint density at radius 2 is 1.65 bits per heavy atom. The highest BCUT2D eigenvalue weighted by Crippen LogP contribution is 2.05. The summed E-state index contributed by atoms with van der Waals surface area (Å²) < 4.78 is 0. The first-order chi connectivity index (χ1) is 9.79. The van der Waals surface area contributed by atoms with Crippen LogP contribution in [0.4, 0.5) is 0 Å².